The van der Waals surface area contributed by atoms with Crippen molar-refractivity contribution in [2.75, 3.05) is 6.54 Å². The zero-order chi connectivity index (χ0) is 21.7. The molecule has 158 valence electrons. The Morgan fingerprint density at radius 3 is 2.53 bits per heavy atom. The van der Waals surface area contributed by atoms with Crippen molar-refractivity contribution in [3.05, 3.63) is 70.6 Å². The average Bonchev–Trinajstić information content (AvgIpc) is 3.15. The van der Waals surface area contributed by atoms with E-state index >= 15 is 0 Å². The smallest absolute Gasteiger partial charge is 0.228 e. The molecular formula is C24H28ClN3O2. The maximum absolute atomic E-state index is 12.9. The van der Waals surface area contributed by atoms with Crippen molar-refractivity contribution in [1.82, 2.24) is 15.0 Å². The number of aryl methyl sites for hydroxylation is 1. The molecule has 0 aliphatic heterocycles. The van der Waals surface area contributed by atoms with Gasteiger partial charge in [-0.05, 0) is 29.5 Å². The summed E-state index contributed by atoms with van der Waals surface area (Å²) in [6.45, 7) is 9.24. The molecule has 3 rings (SSSR count). The number of hydrogen-bond donors (Lipinski definition) is 0. The lowest BCUT2D eigenvalue weighted by Crippen LogP contribution is -2.34. The minimum atomic E-state index is -0.0750. The van der Waals surface area contributed by atoms with Crippen LogP contribution in [0.4, 0.5) is 0 Å². The predicted molar refractivity (Wildman–Crippen MR) is 119 cm³/mol. The van der Waals surface area contributed by atoms with E-state index in [-0.39, 0.29) is 11.3 Å². The summed E-state index contributed by atoms with van der Waals surface area (Å²) in [6.07, 6.45) is 0.978. The summed E-state index contributed by atoms with van der Waals surface area (Å²) < 4.78 is 5.43. The molecule has 0 N–H and O–H groups in total. The molecule has 0 unspecified atom stereocenters. The highest BCUT2D eigenvalue weighted by molar-refractivity contribution is 6.31. The first kappa shape index (κ1) is 22.0. The molecule has 1 heterocycles. The van der Waals surface area contributed by atoms with E-state index in [0.29, 0.717) is 42.7 Å². The minimum Gasteiger partial charge on any atom is -0.339 e. The van der Waals surface area contributed by atoms with Crippen LogP contribution in [0.25, 0.3) is 11.4 Å². The summed E-state index contributed by atoms with van der Waals surface area (Å²) in [6, 6.07) is 15.7. The molecule has 0 saturated carbocycles. The van der Waals surface area contributed by atoms with Gasteiger partial charge in [-0.1, -0.05) is 80.0 Å². The molecule has 0 spiro atoms. The highest BCUT2D eigenvalue weighted by Crippen LogP contribution is 2.24. The fraction of sp³-hybridized carbons (Fsp3) is 0.375. The Kier molecular flexibility index (Phi) is 6.93. The van der Waals surface area contributed by atoms with Crippen molar-refractivity contribution in [2.45, 2.75) is 47.1 Å². The van der Waals surface area contributed by atoms with E-state index in [2.05, 4.69) is 30.9 Å². The Morgan fingerprint density at radius 1 is 1.13 bits per heavy atom. The van der Waals surface area contributed by atoms with Gasteiger partial charge in [0.15, 0.2) is 0 Å². The normalized spacial score (nSPS) is 11.5. The van der Waals surface area contributed by atoms with Crippen LogP contribution >= 0.6 is 11.6 Å². The largest absolute Gasteiger partial charge is 0.339 e. The number of rotatable bonds is 7. The van der Waals surface area contributed by atoms with Crippen molar-refractivity contribution in [3.63, 3.8) is 0 Å². The van der Waals surface area contributed by atoms with Gasteiger partial charge in [-0.2, -0.15) is 4.98 Å². The van der Waals surface area contributed by atoms with E-state index in [1.54, 1.807) is 0 Å². The number of amides is 1. The van der Waals surface area contributed by atoms with Gasteiger partial charge in [0, 0.05) is 36.5 Å². The second-order valence-corrected chi connectivity index (χ2v) is 9.17. The van der Waals surface area contributed by atoms with Crippen LogP contribution < -0.4 is 0 Å². The molecule has 1 aromatic heterocycles. The van der Waals surface area contributed by atoms with Crippen LogP contribution in [0.3, 0.4) is 0 Å². The van der Waals surface area contributed by atoms with E-state index in [1.165, 1.54) is 0 Å². The van der Waals surface area contributed by atoms with Gasteiger partial charge in [-0.25, -0.2) is 0 Å². The molecule has 30 heavy (non-hydrogen) atoms. The van der Waals surface area contributed by atoms with Gasteiger partial charge in [0.25, 0.3) is 0 Å². The molecule has 0 aliphatic carbocycles. The average molecular weight is 426 g/mol. The van der Waals surface area contributed by atoms with Crippen LogP contribution in [0.1, 0.15) is 44.2 Å². The van der Waals surface area contributed by atoms with Gasteiger partial charge in [0.1, 0.15) is 0 Å². The zero-order valence-electron chi connectivity index (χ0n) is 18.0. The summed E-state index contributed by atoms with van der Waals surface area (Å²) in [7, 11) is 0. The number of nitrogens with zero attached hydrogens (tertiary/aromatic N) is 3. The SMILES string of the molecule is Cc1ccc(-c2noc(CCN(Cc3ccccc3)C(=O)CC(C)(C)C)n2)cc1Cl. The van der Waals surface area contributed by atoms with Gasteiger partial charge in [-0.3, -0.25) is 4.79 Å². The number of aromatic nitrogens is 2. The summed E-state index contributed by atoms with van der Waals surface area (Å²) in [5.74, 6) is 1.13. The molecule has 0 saturated heterocycles. The van der Waals surface area contributed by atoms with Crippen LogP contribution in [0.15, 0.2) is 53.1 Å². The van der Waals surface area contributed by atoms with Crippen LogP contribution in [-0.2, 0) is 17.8 Å². The fourth-order valence-electron chi connectivity index (χ4n) is 3.10. The zero-order valence-corrected chi connectivity index (χ0v) is 18.7. The number of halogens is 1. The maximum atomic E-state index is 12.9. The summed E-state index contributed by atoms with van der Waals surface area (Å²) >= 11 is 6.21. The molecule has 2 aromatic carbocycles. The quantitative estimate of drug-likeness (QED) is 0.486. The molecule has 0 fully saturated rings. The Labute approximate surface area is 183 Å². The first-order chi connectivity index (χ1) is 14.2. The van der Waals surface area contributed by atoms with E-state index < -0.39 is 0 Å². The minimum absolute atomic E-state index is 0.0750. The van der Waals surface area contributed by atoms with Gasteiger partial charge in [0.05, 0.1) is 0 Å². The van der Waals surface area contributed by atoms with Crippen molar-refractivity contribution >= 4 is 17.5 Å². The van der Waals surface area contributed by atoms with Crippen molar-refractivity contribution in [1.29, 1.82) is 0 Å². The molecule has 6 heteroatoms. The third-order valence-corrected chi connectivity index (χ3v) is 5.15. The predicted octanol–water partition coefficient (Wildman–Crippen LogP) is 5.71. The second kappa shape index (κ2) is 9.43. The third kappa shape index (κ3) is 6.17. The van der Waals surface area contributed by atoms with Gasteiger partial charge in [-0.15, -0.1) is 0 Å². The van der Waals surface area contributed by atoms with E-state index in [9.17, 15) is 4.79 Å². The van der Waals surface area contributed by atoms with Crippen molar-refractivity contribution in [3.8, 4) is 11.4 Å². The summed E-state index contributed by atoms with van der Waals surface area (Å²) in [4.78, 5) is 19.3. The monoisotopic (exact) mass is 425 g/mol. The van der Waals surface area contributed by atoms with Crippen LogP contribution in [0, 0.1) is 12.3 Å². The second-order valence-electron chi connectivity index (χ2n) is 8.76. The number of hydrogen-bond acceptors (Lipinski definition) is 4. The van der Waals surface area contributed by atoms with Crippen molar-refractivity contribution < 1.29 is 9.32 Å². The lowest BCUT2D eigenvalue weighted by Gasteiger charge is -2.26. The molecule has 3 aromatic rings. The molecule has 1 amide bonds. The molecule has 0 aliphatic rings. The van der Waals surface area contributed by atoms with Crippen LogP contribution in [0.5, 0.6) is 0 Å². The Bertz CT molecular complexity index is 993. The topological polar surface area (TPSA) is 59.2 Å². The third-order valence-electron chi connectivity index (χ3n) is 4.74. The highest BCUT2D eigenvalue weighted by atomic mass is 35.5. The number of carbonyl (C=O) groups excluding carboxylic acids is 1. The molecule has 0 radical (unpaired) electrons. The molecular weight excluding hydrogens is 398 g/mol. The van der Waals surface area contributed by atoms with E-state index in [1.807, 2.05) is 60.4 Å². The van der Waals surface area contributed by atoms with Crippen LogP contribution in [-0.4, -0.2) is 27.5 Å². The van der Waals surface area contributed by atoms with E-state index in [0.717, 1.165) is 16.7 Å². The first-order valence-electron chi connectivity index (χ1n) is 10.1. The van der Waals surface area contributed by atoms with Gasteiger partial charge < -0.3 is 9.42 Å². The molecule has 0 bridgehead atoms. The molecule has 5 nitrogen and oxygen atoms in total. The van der Waals surface area contributed by atoms with Crippen molar-refractivity contribution in [2.24, 2.45) is 5.41 Å². The molecule has 0 atom stereocenters. The highest BCUT2D eigenvalue weighted by Gasteiger charge is 2.22. The summed E-state index contributed by atoms with van der Waals surface area (Å²) in [5, 5.41) is 4.74. The summed E-state index contributed by atoms with van der Waals surface area (Å²) in [5.41, 5.74) is 2.83. The van der Waals surface area contributed by atoms with Gasteiger partial charge in [0.2, 0.25) is 17.6 Å². The Hall–Kier alpha value is -2.66. The van der Waals surface area contributed by atoms with E-state index in [4.69, 9.17) is 16.1 Å². The number of carbonyl (C=O) groups is 1. The first-order valence-corrected chi connectivity index (χ1v) is 10.5. The number of benzene rings is 2. The van der Waals surface area contributed by atoms with Gasteiger partial charge >= 0.3 is 0 Å². The lowest BCUT2D eigenvalue weighted by atomic mass is 9.91. The Balaban J connectivity index is 1.71. The van der Waals surface area contributed by atoms with Crippen LogP contribution in [0.2, 0.25) is 5.02 Å². The lowest BCUT2D eigenvalue weighted by molar-refractivity contribution is -0.133. The Morgan fingerprint density at radius 2 is 1.87 bits per heavy atom. The standard InChI is InChI=1S/C24H28ClN3O2/c1-17-10-11-19(14-20(17)25)23-26-21(30-27-23)12-13-28(22(29)15-24(2,3)4)16-18-8-6-5-7-9-18/h5-11,14H,12-13,15-16H2,1-4H3. The fourth-order valence-corrected chi connectivity index (χ4v) is 3.28. The maximum Gasteiger partial charge on any atom is 0.228 e.